The molecule has 0 radical (unpaired) electrons. The summed E-state index contributed by atoms with van der Waals surface area (Å²) >= 11 is 0. The highest BCUT2D eigenvalue weighted by molar-refractivity contribution is 5.85. The van der Waals surface area contributed by atoms with Crippen LogP contribution in [0.2, 0.25) is 0 Å². The number of halogens is 1. The van der Waals surface area contributed by atoms with Crippen LogP contribution in [0.4, 0.5) is 4.39 Å². The standard InChI is InChI=1S/C14H16FNO4/c1-20-12-5-4-10(15)7-9(12)8-13(17)16-6-2-3-11(16)14(18)19/h4-5,7,11H,2-3,6,8H2,1H3,(H,18,19). The zero-order chi connectivity index (χ0) is 14.7. The molecule has 0 saturated carbocycles. The van der Waals surface area contributed by atoms with E-state index in [1.807, 2.05) is 0 Å². The highest BCUT2D eigenvalue weighted by Crippen LogP contribution is 2.23. The average Bonchev–Trinajstić information content (AvgIpc) is 2.88. The smallest absolute Gasteiger partial charge is 0.326 e. The summed E-state index contributed by atoms with van der Waals surface area (Å²) in [6.07, 6.45) is 1.06. The predicted molar refractivity (Wildman–Crippen MR) is 69.0 cm³/mol. The van der Waals surface area contributed by atoms with E-state index in [4.69, 9.17) is 9.84 Å². The van der Waals surface area contributed by atoms with Crippen molar-refractivity contribution in [3.63, 3.8) is 0 Å². The van der Waals surface area contributed by atoms with Crippen LogP contribution in [0.3, 0.4) is 0 Å². The minimum atomic E-state index is -0.998. The van der Waals surface area contributed by atoms with Gasteiger partial charge in [-0.05, 0) is 31.0 Å². The van der Waals surface area contributed by atoms with Gasteiger partial charge in [-0.1, -0.05) is 0 Å². The van der Waals surface area contributed by atoms with Crippen molar-refractivity contribution >= 4 is 11.9 Å². The molecule has 1 aromatic rings. The van der Waals surface area contributed by atoms with Gasteiger partial charge in [0.15, 0.2) is 0 Å². The van der Waals surface area contributed by atoms with Crippen LogP contribution in [-0.4, -0.2) is 41.6 Å². The summed E-state index contributed by atoms with van der Waals surface area (Å²) in [7, 11) is 1.44. The van der Waals surface area contributed by atoms with Gasteiger partial charge in [0.1, 0.15) is 17.6 Å². The lowest BCUT2D eigenvalue weighted by Crippen LogP contribution is -2.41. The number of ether oxygens (including phenoxy) is 1. The fourth-order valence-electron chi connectivity index (χ4n) is 2.47. The largest absolute Gasteiger partial charge is 0.496 e. The van der Waals surface area contributed by atoms with Gasteiger partial charge in [-0.25, -0.2) is 9.18 Å². The summed E-state index contributed by atoms with van der Waals surface area (Å²) in [5, 5.41) is 9.06. The predicted octanol–water partition coefficient (Wildman–Crippen LogP) is 1.45. The Bertz CT molecular complexity index is 532. The summed E-state index contributed by atoms with van der Waals surface area (Å²) in [5.74, 6) is -1.35. The van der Waals surface area contributed by atoms with Crippen LogP contribution in [0.25, 0.3) is 0 Å². The number of aliphatic carboxylic acids is 1. The molecular weight excluding hydrogens is 265 g/mol. The van der Waals surface area contributed by atoms with Crippen LogP contribution in [-0.2, 0) is 16.0 Å². The molecule has 0 spiro atoms. The van der Waals surface area contributed by atoms with E-state index in [9.17, 15) is 14.0 Å². The first-order valence-corrected chi connectivity index (χ1v) is 6.37. The maximum absolute atomic E-state index is 13.2. The monoisotopic (exact) mass is 281 g/mol. The van der Waals surface area contributed by atoms with Crippen molar-refractivity contribution in [2.75, 3.05) is 13.7 Å². The van der Waals surface area contributed by atoms with Crippen molar-refractivity contribution in [3.05, 3.63) is 29.6 Å². The van der Waals surface area contributed by atoms with Crippen LogP contribution in [0.15, 0.2) is 18.2 Å². The van der Waals surface area contributed by atoms with E-state index in [0.29, 0.717) is 30.7 Å². The van der Waals surface area contributed by atoms with Crippen molar-refractivity contribution in [3.8, 4) is 5.75 Å². The molecule has 1 aromatic carbocycles. The molecule has 1 N–H and O–H groups in total. The van der Waals surface area contributed by atoms with E-state index in [2.05, 4.69) is 0 Å². The third-order valence-corrected chi connectivity index (χ3v) is 3.44. The fraction of sp³-hybridized carbons (Fsp3) is 0.429. The minimum Gasteiger partial charge on any atom is -0.496 e. The van der Waals surface area contributed by atoms with Crippen molar-refractivity contribution in [2.24, 2.45) is 0 Å². The Morgan fingerprint density at radius 1 is 1.50 bits per heavy atom. The lowest BCUT2D eigenvalue weighted by atomic mass is 10.1. The minimum absolute atomic E-state index is 0.0648. The zero-order valence-electron chi connectivity index (χ0n) is 11.1. The van der Waals surface area contributed by atoms with Gasteiger partial charge in [-0.3, -0.25) is 4.79 Å². The number of carbonyl (C=O) groups excluding carboxylic acids is 1. The van der Waals surface area contributed by atoms with E-state index in [1.54, 1.807) is 0 Å². The second kappa shape index (κ2) is 5.90. The number of methoxy groups -OCH3 is 1. The fourth-order valence-corrected chi connectivity index (χ4v) is 2.47. The first kappa shape index (κ1) is 14.3. The molecule has 2 rings (SSSR count). The van der Waals surface area contributed by atoms with Crippen LogP contribution in [0.1, 0.15) is 18.4 Å². The molecule has 1 aliphatic rings. The second-order valence-electron chi connectivity index (χ2n) is 4.72. The van der Waals surface area contributed by atoms with Gasteiger partial charge in [0.2, 0.25) is 5.91 Å². The summed E-state index contributed by atoms with van der Waals surface area (Å²) in [4.78, 5) is 24.6. The normalized spacial score (nSPS) is 18.1. The average molecular weight is 281 g/mol. The molecule has 0 aliphatic carbocycles. The summed E-state index contributed by atoms with van der Waals surface area (Å²) in [6, 6.07) is 3.17. The van der Waals surface area contributed by atoms with E-state index >= 15 is 0 Å². The topological polar surface area (TPSA) is 66.8 Å². The molecule has 0 aromatic heterocycles. The van der Waals surface area contributed by atoms with Gasteiger partial charge in [0.25, 0.3) is 0 Å². The first-order valence-electron chi connectivity index (χ1n) is 6.37. The van der Waals surface area contributed by atoms with E-state index in [0.717, 1.165) is 0 Å². The Kier molecular flexibility index (Phi) is 4.22. The van der Waals surface area contributed by atoms with Crippen LogP contribution < -0.4 is 4.74 Å². The van der Waals surface area contributed by atoms with Gasteiger partial charge in [-0.15, -0.1) is 0 Å². The number of carboxylic acids is 1. The molecule has 108 valence electrons. The molecule has 1 unspecified atom stereocenters. The van der Waals surface area contributed by atoms with E-state index < -0.39 is 17.8 Å². The molecule has 20 heavy (non-hydrogen) atoms. The molecule has 1 fully saturated rings. The van der Waals surface area contributed by atoms with Gasteiger partial charge in [0, 0.05) is 12.1 Å². The number of benzene rings is 1. The molecule has 1 atom stereocenters. The van der Waals surface area contributed by atoms with Crippen molar-refractivity contribution < 1.29 is 23.8 Å². The number of likely N-dealkylation sites (tertiary alicyclic amines) is 1. The molecule has 1 aliphatic heterocycles. The van der Waals surface area contributed by atoms with Gasteiger partial charge in [0.05, 0.1) is 13.5 Å². The number of rotatable bonds is 4. The molecule has 5 nitrogen and oxygen atoms in total. The van der Waals surface area contributed by atoms with E-state index in [1.165, 1.54) is 30.2 Å². The highest BCUT2D eigenvalue weighted by Gasteiger charge is 2.33. The molecule has 1 heterocycles. The molecule has 1 amide bonds. The number of hydrogen-bond donors (Lipinski definition) is 1. The van der Waals surface area contributed by atoms with Crippen molar-refractivity contribution in [1.29, 1.82) is 0 Å². The Labute approximate surface area is 116 Å². The van der Waals surface area contributed by atoms with Crippen LogP contribution in [0.5, 0.6) is 5.75 Å². The van der Waals surface area contributed by atoms with Crippen LogP contribution >= 0.6 is 0 Å². The quantitative estimate of drug-likeness (QED) is 0.907. The SMILES string of the molecule is COc1ccc(F)cc1CC(=O)N1CCCC1C(=O)O. The summed E-state index contributed by atoms with van der Waals surface area (Å²) in [6.45, 7) is 0.424. The Balaban J connectivity index is 2.15. The highest BCUT2D eigenvalue weighted by atomic mass is 19.1. The summed E-state index contributed by atoms with van der Waals surface area (Å²) in [5.41, 5.74) is 0.425. The van der Waals surface area contributed by atoms with E-state index in [-0.39, 0.29) is 12.3 Å². The lowest BCUT2D eigenvalue weighted by Gasteiger charge is -2.21. The molecule has 6 heteroatoms. The number of nitrogens with zero attached hydrogens (tertiary/aromatic N) is 1. The first-order chi connectivity index (χ1) is 9.52. The number of hydrogen-bond acceptors (Lipinski definition) is 3. The van der Waals surface area contributed by atoms with Crippen molar-refractivity contribution in [1.82, 2.24) is 4.90 Å². The molecule has 1 saturated heterocycles. The maximum Gasteiger partial charge on any atom is 0.326 e. The van der Waals surface area contributed by atoms with Crippen molar-refractivity contribution in [2.45, 2.75) is 25.3 Å². The second-order valence-corrected chi connectivity index (χ2v) is 4.72. The maximum atomic E-state index is 13.2. The van der Waals surface area contributed by atoms with Gasteiger partial charge >= 0.3 is 5.97 Å². The number of amides is 1. The summed E-state index contributed by atoms with van der Waals surface area (Å²) < 4.78 is 18.3. The molecule has 0 bridgehead atoms. The third kappa shape index (κ3) is 2.89. The number of carbonyl (C=O) groups is 2. The third-order valence-electron chi connectivity index (χ3n) is 3.44. The Morgan fingerprint density at radius 3 is 2.90 bits per heavy atom. The van der Waals surface area contributed by atoms with Gasteiger partial charge < -0.3 is 14.7 Å². The lowest BCUT2D eigenvalue weighted by molar-refractivity contribution is -0.148. The zero-order valence-corrected chi connectivity index (χ0v) is 11.1. The van der Waals surface area contributed by atoms with Crippen LogP contribution in [0, 0.1) is 5.82 Å². The van der Waals surface area contributed by atoms with Gasteiger partial charge in [-0.2, -0.15) is 0 Å². The number of carboxylic acid groups (broad SMARTS) is 1. The Morgan fingerprint density at radius 2 is 2.25 bits per heavy atom. The molecular formula is C14H16FNO4. The Hall–Kier alpha value is -2.11.